The van der Waals surface area contributed by atoms with Crippen molar-refractivity contribution in [3.05, 3.63) is 57.6 Å². The van der Waals surface area contributed by atoms with Crippen LogP contribution in [0.15, 0.2) is 36.4 Å². The summed E-state index contributed by atoms with van der Waals surface area (Å²) in [4.78, 5) is 0. The van der Waals surface area contributed by atoms with Gasteiger partial charge >= 0.3 is 0 Å². The minimum absolute atomic E-state index is 0.457. The highest BCUT2D eigenvalue weighted by molar-refractivity contribution is 6.32. The van der Waals surface area contributed by atoms with E-state index in [-0.39, 0.29) is 0 Å². The molecule has 2 nitrogen and oxygen atoms in total. The standard InChI is InChI=1S/C16H16Cl2O2/c1-10-4-7-15(14(18)8-10)20-11-5-6-12(13(17)9-11)16(2,3)19/h4-9,19H,1-3H3. The first kappa shape index (κ1) is 15.2. The van der Waals surface area contributed by atoms with E-state index >= 15 is 0 Å². The zero-order valence-electron chi connectivity index (χ0n) is 11.6. The molecular formula is C16H16Cl2O2. The van der Waals surface area contributed by atoms with Crippen LogP contribution in [0.5, 0.6) is 11.5 Å². The molecule has 0 aliphatic heterocycles. The van der Waals surface area contributed by atoms with Crippen LogP contribution in [0.25, 0.3) is 0 Å². The van der Waals surface area contributed by atoms with Crippen molar-refractivity contribution in [3.8, 4) is 11.5 Å². The summed E-state index contributed by atoms with van der Waals surface area (Å²) in [5.74, 6) is 1.15. The zero-order chi connectivity index (χ0) is 14.9. The van der Waals surface area contributed by atoms with Gasteiger partial charge in [0, 0.05) is 5.56 Å². The van der Waals surface area contributed by atoms with Crippen molar-refractivity contribution in [2.45, 2.75) is 26.4 Å². The molecule has 0 radical (unpaired) electrons. The molecule has 0 saturated carbocycles. The molecule has 2 aromatic rings. The monoisotopic (exact) mass is 310 g/mol. The van der Waals surface area contributed by atoms with Crippen LogP contribution < -0.4 is 4.74 Å². The smallest absolute Gasteiger partial charge is 0.146 e. The van der Waals surface area contributed by atoms with Crippen LogP contribution in [0.1, 0.15) is 25.0 Å². The molecule has 0 aliphatic carbocycles. The van der Waals surface area contributed by atoms with Gasteiger partial charge in [-0.05, 0) is 50.6 Å². The molecule has 2 rings (SSSR count). The van der Waals surface area contributed by atoms with E-state index in [4.69, 9.17) is 27.9 Å². The van der Waals surface area contributed by atoms with Crippen LogP contribution in [-0.2, 0) is 5.60 Å². The fourth-order valence-corrected chi connectivity index (χ4v) is 2.55. The van der Waals surface area contributed by atoms with Gasteiger partial charge in [-0.3, -0.25) is 0 Å². The average Bonchev–Trinajstić information content (AvgIpc) is 2.31. The van der Waals surface area contributed by atoms with E-state index in [0.29, 0.717) is 27.1 Å². The van der Waals surface area contributed by atoms with Crippen LogP contribution in [0, 0.1) is 6.92 Å². The Labute approximate surface area is 128 Å². The first-order valence-corrected chi connectivity index (χ1v) is 6.99. The summed E-state index contributed by atoms with van der Waals surface area (Å²) in [5, 5.41) is 11.0. The Morgan fingerprint density at radius 3 is 2.25 bits per heavy atom. The van der Waals surface area contributed by atoms with E-state index < -0.39 is 5.60 Å². The predicted molar refractivity (Wildman–Crippen MR) is 83.0 cm³/mol. The maximum absolute atomic E-state index is 9.98. The van der Waals surface area contributed by atoms with Gasteiger partial charge in [-0.2, -0.15) is 0 Å². The van der Waals surface area contributed by atoms with Gasteiger partial charge in [0.25, 0.3) is 0 Å². The van der Waals surface area contributed by atoms with Crippen molar-refractivity contribution in [1.82, 2.24) is 0 Å². The third-order valence-corrected chi connectivity index (χ3v) is 3.52. The van der Waals surface area contributed by atoms with Crippen LogP contribution in [0.4, 0.5) is 0 Å². The highest BCUT2D eigenvalue weighted by Crippen LogP contribution is 2.34. The van der Waals surface area contributed by atoms with Crippen LogP contribution in [0.3, 0.4) is 0 Å². The largest absolute Gasteiger partial charge is 0.456 e. The quantitative estimate of drug-likeness (QED) is 0.831. The highest BCUT2D eigenvalue weighted by Gasteiger charge is 2.19. The lowest BCUT2D eigenvalue weighted by Gasteiger charge is -2.20. The van der Waals surface area contributed by atoms with E-state index in [0.717, 1.165) is 5.56 Å². The van der Waals surface area contributed by atoms with E-state index in [1.54, 1.807) is 32.0 Å². The second-order valence-corrected chi connectivity index (χ2v) is 6.05. The lowest BCUT2D eigenvalue weighted by atomic mass is 9.98. The van der Waals surface area contributed by atoms with Gasteiger partial charge < -0.3 is 9.84 Å². The molecule has 0 saturated heterocycles. The Hall–Kier alpha value is -1.22. The Morgan fingerprint density at radius 1 is 1.00 bits per heavy atom. The van der Waals surface area contributed by atoms with E-state index in [1.807, 2.05) is 25.1 Å². The molecule has 0 atom stereocenters. The number of benzene rings is 2. The molecular weight excluding hydrogens is 295 g/mol. The summed E-state index contributed by atoms with van der Waals surface area (Å²) in [6, 6.07) is 10.8. The lowest BCUT2D eigenvalue weighted by Crippen LogP contribution is -2.15. The lowest BCUT2D eigenvalue weighted by molar-refractivity contribution is 0.0787. The van der Waals surface area contributed by atoms with Gasteiger partial charge in [-0.25, -0.2) is 0 Å². The van der Waals surface area contributed by atoms with E-state index in [1.165, 1.54) is 0 Å². The number of rotatable bonds is 3. The van der Waals surface area contributed by atoms with Crippen LogP contribution >= 0.6 is 23.2 Å². The average molecular weight is 311 g/mol. The van der Waals surface area contributed by atoms with Gasteiger partial charge in [-0.15, -0.1) is 0 Å². The molecule has 0 fully saturated rings. The molecule has 20 heavy (non-hydrogen) atoms. The minimum Gasteiger partial charge on any atom is -0.456 e. The first-order valence-electron chi connectivity index (χ1n) is 6.24. The third kappa shape index (κ3) is 3.45. The number of aliphatic hydroxyl groups is 1. The van der Waals surface area contributed by atoms with E-state index in [9.17, 15) is 5.11 Å². The fraction of sp³-hybridized carbons (Fsp3) is 0.250. The summed E-state index contributed by atoms with van der Waals surface area (Å²) >= 11 is 12.3. The number of halogens is 2. The second-order valence-electron chi connectivity index (χ2n) is 5.24. The summed E-state index contributed by atoms with van der Waals surface area (Å²) in [6.07, 6.45) is 0. The van der Waals surface area contributed by atoms with E-state index in [2.05, 4.69) is 0 Å². The summed E-state index contributed by atoms with van der Waals surface area (Å²) in [5.41, 5.74) is 0.733. The topological polar surface area (TPSA) is 29.5 Å². The molecule has 0 unspecified atom stereocenters. The van der Waals surface area contributed by atoms with Crippen LogP contribution in [-0.4, -0.2) is 5.11 Å². The Bertz CT molecular complexity index is 631. The van der Waals surface area contributed by atoms with Crippen molar-refractivity contribution in [1.29, 1.82) is 0 Å². The SMILES string of the molecule is Cc1ccc(Oc2ccc(C(C)(C)O)c(Cl)c2)c(Cl)c1. The normalized spacial score (nSPS) is 11.5. The van der Waals surface area contributed by atoms with Gasteiger partial charge in [0.2, 0.25) is 0 Å². The van der Waals surface area contributed by atoms with Crippen molar-refractivity contribution >= 4 is 23.2 Å². The molecule has 1 N–H and O–H groups in total. The van der Waals surface area contributed by atoms with Gasteiger partial charge in [0.1, 0.15) is 11.5 Å². The Morgan fingerprint density at radius 2 is 1.70 bits per heavy atom. The molecule has 0 heterocycles. The molecule has 0 amide bonds. The number of aryl methyl sites for hydroxylation is 1. The van der Waals surface area contributed by atoms with Crippen molar-refractivity contribution in [2.24, 2.45) is 0 Å². The number of hydrogen-bond donors (Lipinski definition) is 1. The maximum atomic E-state index is 9.98. The summed E-state index contributed by atoms with van der Waals surface area (Å²) < 4.78 is 5.71. The Kier molecular flexibility index (Phi) is 4.28. The Balaban J connectivity index is 2.29. The van der Waals surface area contributed by atoms with Crippen molar-refractivity contribution in [2.75, 3.05) is 0 Å². The molecule has 0 spiro atoms. The molecule has 0 aromatic heterocycles. The molecule has 106 valence electrons. The number of ether oxygens (including phenoxy) is 1. The first-order chi connectivity index (χ1) is 9.27. The highest BCUT2D eigenvalue weighted by atomic mass is 35.5. The van der Waals surface area contributed by atoms with Gasteiger partial charge in [0.05, 0.1) is 15.6 Å². The summed E-state index contributed by atoms with van der Waals surface area (Å²) in [7, 11) is 0. The minimum atomic E-state index is -0.989. The second kappa shape index (κ2) is 5.65. The molecule has 2 aromatic carbocycles. The zero-order valence-corrected chi connectivity index (χ0v) is 13.1. The van der Waals surface area contributed by atoms with Crippen molar-refractivity contribution < 1.29 is 9.84 Å². The van der Waals surface area contributed by atoms with Gasteiger partial charge in [-0.1, -0.05) is 35.3 Å². The van der Waals surface area contributed by atoms with Gasteiger partial charge in [0.15, 0.2) is 0 Å². The fourth-order valence-electron chi connectivity index (χ4n) is 1.87. The van der Waals surface area contributed by atoms with Crippen molar-refractivity contribution in [3.63, 3.8) is 0 Å². The summed E-state index contributed by atoms with van der Waals surface area (Å²) in [6.45, 7) is 5.34. The molecule has 0 aliphatic rings. The van der Waals surface area contributed by atoms with Crippen LogP contribution in [0.2, 0.25) is 10.0 Å². The maximum Gasteiger partial charge on any atom is 0.146 e. The third-order valence-electron chi connectivity index (χ3n) is 2.91. The molecule has 0 bridgehead atoms. The molecule has 4 heteroatoms. The number of hydrogen-bond acceptors (Lipinski definition) is 2. The predicted octanol–water partition coefficient (Wildman–Crippen LogP) is 5.32.